The van der Waals surface area contributed by atoms with Gasteiger partial charge in [-0.2, -0.15) is 21.0 Å². The molecule has 74 valence electrons. The average Bonchev–Trinajstić information content (AvgIpc) is 1.80. The van der Waals surface area contributed by atoms with Crippen molar-refractivity contribution in [2.24, 2.45) is 0 Å². The molecule has 0 spiro atoms. The third-order valence-corrected chi connectivity index (χ3v) is 5.88. The van der Waals surface area contributed by atoms with Crippen molar-refractivity contribution in [1.82, 2.24) is 0 Å². The predicted octanol–water partition coefficient (Wildman–Crippen LogP) is -1.98. The molecule has 1 aliphatic rings. The van der Waals surface area contributed by atoms with Gasteiger partial charge in [-0.05, 0) is 0 Å². The third-order valence-electron chi connectivity index (χ3n) is 0.972. The molecule has 1 aliphatic heterocycles. The maximum Gasteiger partial charge on any atom is 0.336 e. The van der Waals surface area contributed by atoms with Crippen LogP contribution >= 0.6 is 0 Å². The standard InChI is InChI=1S/CBFO7S3/c2-1(3)12(5,6)9-11(4)10-13(1,7)8. The van der Waals surface area contributed by atoms with E-state index >= 15 is 0 Å². The van der Waals surface area contributed by atoms with Crippen LogP contribution in [0.2, 0.25) is 0 Å². The molecule has 1 fully saturated rings. The second-order valence-corrected chi connectivity index (χ2v) is 6.59. The van der Waals surface area contributed by atoms with Gasteiger partial charge < -0.3 is 0 Å². The van der Waals surface area contributed by atoms with E-state index in [2.05, 4.69) is 15.1 Å². The highest BCUT2D eigenvalue weighted by molar-refractivity contribution is 8.15. The molecule has 0 atom stereocenters. The Kier molecular flexibility index (Phi) is 2.32. The first-order valence-corrected chi connectivity index (χ1v) is 6.20. The van der Waals surface area contributed by atoms with Gasteiger partial charge in [-0.25, -0.2) is 4.39 Å². The zero-order valence-electron chi connectivity index (χ0n) is 5.54. The van der Waals surface area contributed by atoms with Gasteiger partial charge in [-0.1, -0.05) is 0 Å². The summed E-state index contributed by atoms with van der Waals surface area (Å²) in [4.78, 5) is 0. The van der Waals surface area contributed by atoms with E-state index in [1.165, 1.54) is 0 Å². The van der Waals surface area contributed by atoms with Crippen molar-refractivity contribution in [3.05, 3.63) is 0 Å². The normalized spacial score (nSPS) is 42.7. The van der Waals surface area contributed by atoms with Gasteiger partial charge in [-0.3, -0.25) is 0 Å². The number of rotatable bonds is 0. The Morgan fingerprint density at radius 3 is 1.77 bits per heavy atom. The Morgan fingerprint density at radius 2 is 1.46 bits per heavy atom. The summed E-state index contributed by atoms with van der Waals surface area (Å²) < 4.78 is 67.8. The van der Waals surface area contributed by atoms with Crippen LogP contribution in [0.5, 0.6) is 0 Å². The van der Waals surface area contributed by atoms with Crippen molar-refractivity contribution in [3.8, 4) is 0 Å². The highest BCUT2D eigenvalue weighted by Gasteiger charge is 2.59. The van der Waals surface area contributed by atoms with Gasteiger partial charge in [0.25, 0.3) is 0 Å². The van der Waals surface area contributed by atoms with Crippen molar-refractivity contribution in [1.29, 1.82) is 0 Å². The molecule has 0 aliphatic carbocycles. The van der Waals surface area contributed by atoms with E-state index in [1.807, 2.05) is 0 Å². The molecule has 13 heavy (non-hydrogen) atoms. The summed E-state index contributed by atoms with van der Waals surface area (Å²) in [6.07, 6.45) is 0. The van der Waals surface area contributed by atoms with Crippen LogP contribution in [-0.2, 0) is 38.9 Å². The van der Waals surface area contributed by atoms with E-state index in [9.17, 15) is 25.4 Å². The average molecular weight is 250 g/mol. The predicted molar refractivity (Wildman–Crippen MR) is 37.7 cm³/mol. The van der Waals surface area contributed by atoms with E-state index in [0.717, 1.165) is 0 Å². The summed E-state index contributed by atoms with van der Waals surface area (Å²) in [5.74, 6) is 0. The van der Waals surface area contributed by atoms with Gasteiger partial charge in [0, 0.05) is 0 Å². The summed E-state index contributed by atoms with van der Waals surface area (Å²) in [5, 5.41) is 0. The molecule has 1 rings (SSSR count). The minimum absolute atomic E-state index is 3.12. The lowest BCUT2D eigenvalue weighted by molar-refractivity contribution is 0.345. The van der Waals surface area contributed by atoms with Crippen LogP contribution in [0.4, 0.5) is 4.39 Å². The first-order chi connectivity index (χ1) is 5.60. The van der Waals surface area contributed by atoms with Crippen molar-refractivity contribution >= 4 is 39.4 Å². The van der Waals surface area contributed by atoms with Crippen LogP contribution in [0.1, 0.15) is 0 Å². The third kappa shape index (κ3) is 1.52. The Hall–Kier alpha value is -0.0351. The number of hydrogen-bond donors (Lipinski definition) is 0. The molecule has 1 saturated heterocycles. The van der Waals surface area contributed by atoms with Gasteiger partial charge in [0.05, 0.1) is 0 Å². The minimum atomic E-state index is -5.32. The smallest absolute Gasteiger partial charge is 0.215 e. The van der Waals surface area contributed by atoms with Crippen LogP contribution in [0.3, 0.4) is 0 Å². The van der Waals surface area contributed by atoms with Crippen molar-refractivity contribution in [2.75, 3.05) is 0 Å². The SMILES string of the molecule is [B]C1(F)S(=O)(=O)OS(=O)OS1(=O)=O. The molecule has 0 aromatic heterocycles. The highest BCUT2D eigenvalue weighted by atomic mass is 32.3. The molecule has 2 radical (unpaired) electrons. The summed E-state index contributed by atoms with van der Waals surface area (Å²) in [5.41, 5.74) is 0. The number of halogens is 1. The second kappa shape index (κ2) is 2.73. The topological polar surface area (TPSA) is 104 Å². The minimum Gasteiger partial charge on any atom is -0.215 e. The fraction of sp³-hybridized carbons (Fsp3) is 1.00. The number of hydrogen-bond acceptors (Lipinski definition) is 7. The van der Waals surface area contributed by atoms with Crippen molar-refractivity contribution < 1.29 is 32.7 Å². The van der Waals surface area contributed by atoms with Crippen LogP contribution in [0, 0.1) is 0 Å². The summed E-state index contributed by atoms with van der Waals surface area (Å²) in [7, 11) is -6.37. The van der Waals surface area contributed by atoms with Gasteiger partial charge in [0.1, 0.15) is 0 Å². The second-order valence-electron chi connectivity index (χ2n) is 1.83. The Morgan fingerprint density at radius 1 is 1.15 bits per heavy atom. The van der Waals surface area contributed by atoms with Gasteiger partial charge in [-0.15, -0.1) is 7.26 Å². The van der Waals surface area contributed by atoms with E-state index in [4.69, 9.17) is 0 Å². The molecule has 0 saturated carbocycles. The fourth-order valence-electron chi connectivity index (χ4n) is 0.375. The molecular formula is CBFO7S3. The van der Waals surface area contributed by atoms with Gasteiger partial charge in [0.15, 0.2) is 7.85 Å². The highest BCUT2D eigenvalue weighted by Crippen LogP contribution is 2.32. The van der Waals surface area contributed by atoms with Crippen LogP contribution in [0.25, 0.3) is 0 Å². The molecule has 12 heteroatoms. The molecule has 0 N–H and O–H groups in total. The monoisotopic (exact) mass is 250 g/mol. The lowest BCUT2D eigenvalue weighted by Crippen LogP contribution is -2.49. The van der Waals surface area contributed by atoms with E-state index < -0.39 is 35.8 Å². The molecule has 0 aromatic carbocycles. The van der Waals surface area contributed by atoms with Crippen LogP contribution < -0.4 is 0 Å². The molecule has 0 aromatic rings. The van der Waals surface area contributed by atoms with E-state index in [1.54, 1.807) is 0 Å². The zero-order valence-corrected chi connectivity index (χ0v) is 7.99. The lowest BCUT2D eigenvalue weighted by Gasteiger charge is -2.22. The molecule has 7 nitrogen and oxygen atoms in total. The summed E-state index contributed by atoms with van der Waals surface area (Å²) in [6.45, 7) is 0. The Labute approximate surface area is 76.7 Å². The molecule has 0 unspecified atom stereocenters. The van der Waals surface area contributed by atoms with Crippen molar-refractivity contribution in [2.45, 2.75) is 4.23 Å². The van der Waals surface area contributed by atoms with Crippen molar-refractivity contribution in [3.63, 3.8) is 0 Å². The van der Waals surface area contributed by atoms with Gasteiger partial charge in [0.2, 0.25) is 0 Å². The fourth-order valence-corrected chi connectivity index (χ4v) is 4.08. The first kappa shape index (κ1) is 11.0. The lowest BCUT2D eigenvalue weighted by atomic mass is 10.2. The first-order valence-electron chi connectivity index (χ1n) is 2.39. The molecule has 0 amide bonds. The van der Waals surface area contributed by atoms with E-state index in [-0.39, 0.29) is 0 Å². The molecular weight excluding hydrogens is 250 g/mol. The van der Waals surface area contributed by atoms with Gasteiger partial charge >= 0.3 is 35.8 Å². The quantitative estimate of drug-likeness (QED) is 0.459. The maximum absolute atomic E-state index is 12.8. The summed E-state index contributed by atoms with van der Waals surface area (Å²) >= 11 is -3.12. The Bertz CT molecular complexity index is 404. The van der Waals surface area contributed by atoms with Crippen LogP contribution in [-0.4, -0.2) is 33.1 Å². The Balaban J connectivity index is 3.45. The summed E-state index contributed by atoms with van der Waals surface area (Å²) in [6, 6.07) is 0. The largest absolute Gasteiger partial charge is 0.336 e. The van der Waals surface area contributed by atoms with E-state index in [0.29, 0.717) is 0 Å². The zero-order chi connectivity index (χ0) is 10.5. The number of alkyl halides is 1. The molecule has 0 bridgehead atoms. The maximum atomic E-state index is 12.8. The molecule has 1 heterocycles. The van der Waals surface area contributed by atoms with Crippen LogP contribution in [0.15, 0.2) is 0 Å².